The molecular formula is C19H19NO3S. The summed E-state index contributed by atoms with van der Waals surface area (Å²) in [7, 11) is 1.64. The van der Waals surface area contributed by atoms with Crippen LogP contribution in [0.5, 0.6) is 5.75 Å². The Bertz CT molecular complexity index is 844. The van der Waals surface area contributed by atoms with Crippen molar-refractivity contribution in [2.45, 2.75) is 26.3 Å². The number of hydrogen-bond acceptors (Lipinski definition) is 4. The standard InChI is InChI=1S/C19H19NO3S/c1-4-12(2)20-18(21)17(24-19(20)22)11-13-9-10-16(23-3)15-8-6-5-7-14(13)15/h5-12H,4H2,1-3H3. The molecule has 24 heavy (non-hydrogen) atoms. The van der Waals surface area contributed by atoms with Gasteiger partial charge in [0.25, 0.3) is 11.1 Å². The lowest BCUT2D eigenvalue weighted by atomic mass is 10.0. The molecule has 1 fully saturated rings. The Morgan fingerprint density at radius 1 is 1.17 bits per heavy atom. The number of benzene rings is 2. The molecule has 0 bridgehead atoms. The number of methoxy groups -OCH3 is 1. The SMILES string of the molecule is CCC(C)N1C(=O)SC(=Cc2ccc(OC)c3ccccc23)C1=O. The third-order valence-corrected chi connectivity index (χ3v) is 5.16. The molecule has 2 aromatic rings. The number of hydrogen-bond donors (Lipinski definition) is 0. The molecule has 0 saturated carbocycles. The maximum absolute atomic E-state index is 12.6. The van der Waals surface area contributed by atoms with Gasteiger partial charge in [0.05, 0.1) is 12.0 Å². The monoisotopic (exact) mass is 341 g/mol. The fraction of sp³-hybridized carbons (Fsp3) is 0.263. The van der Waals surface area contributed by atoms with Crippen LogP contribution in [0.4, 0.5) is 4.79 Å². The van der Waals surface area contributed by atoms with Gasteiger partial charge in [-0.2, -0.15) is 0 Å². The van der Waals surface area contributed by atoms with Gasteiger partial charge < -0.3 is 4.74 Å². The molecule has 2 amide bonds. The average molecular weight is 341 g/mol. The minimum absolute atomic E-state index is 0.0870. The van der Waals surface area contributed by atoms with Crippen molar-refractivity contribution in [3.63, 3.8) is 0 Å². The van der Waals surface area contributed by atoms with Crippen LogP contribution in [0.25, 0.3) is 16.8 Å². The topological polar surface area (TPSA) is 46.6 Å². The van der Waals surface area contributed by atoms with Gasteiger partial charge in [-0.05, 0) is 48.2 Å². The van der Waals surface area contributed by atoms with E-state index in [1.165, 1.54) is 4.90 Å². The number of carbonyl (C=O) groups excluding carboxylic acids is 2. The number of nitrogens with zero attached hydrogens (tertiary/aromatic N) is 1. The third kappa shape index (κ3) is 2.80. The van der Waals surface area contributed by atoms with Crippen molar-refractivity contribution >= 4 is 39.8 Å². The Labute approximate surface area is 145 Å². The predicted octanol–water partition coefficient (Wildman–Crippen LogP) is 4.68. The molecule has 1 aliphatic heterocycles. The zero-order chi connectivity index (χ0) is 17.3. The molecule has 1 atom stereocenters. The fourth-order valence-corrected chi connectivity index (χ4v) is 3.70. The molecule has 1 aliphatic rings. The molecule has 1 saturated heterocycles. The lowest BCUT2D eigenvalue weighted by Gasteiger charge is -2.19. The Kier molecular flexibility index (Phi) is 4.62. The highest BCUT2D eigenvalue weighted by Gasteiger charge is 2.37. The quantitative estimate of drug-likeness (QED) is 0.757. The normalized spacial score (nSPS) is 17.8. The van der Waals surface area contributed by atoms with E-state index in [2.05, 4.69) is 0 Å². The van der Waals surface area contributed by atoms with E-state index in [-0.39, 0.29) is 17.2 Å². The smallest absolute Gasteiger partial charge is 0.293 e. The molecule has 124 valence electrons. The summed E-state index contributed by atoms with van der Waals surface area (Å²) in [5.41, 5.74) is 0.904. The lowest BCUT2D eigenvalue weighted by molar-refractivity contribution is -0.124. The van der Waals surface area contributed by atoms with Crippen molar-refractivity contribution in [3.8, 4) is 5.75 Å². The fourth-order valence-electron chi connectivity index (χ4n) is 2.78. The highest BCUT2D eigenvalue weighted by atomic mass is 32.2. The third-order valence-electron chi connectivity index (χ3n) is 4.28. The van der Waals surface area contributed by atoms with E-state index in [1.54, 1.807) is 13.2 Å². The van der Waals surface area contributed by atoms with E-state index < -0.39 is 0 Å². The zero-order valence-electron chi connectivity index (χ0n) is 13.9. The van der Waals surface area contributed by atoms with E-state index in [0.29, 0.717) is 4.91 Å². The molecule has 0 aliphatic carbocycles. The summed E-state index contributed by atoms with van der Waals surface area (Å²) < 4.78 is 5.40. The molecule has 0 radical (unpaired) electrons. The second-order valence-electron chi connectivity index (χ2n) is 5.71. The molecule has 0 N–H and O–H groups in total. The molecule has 0 spiro atoms. The van der Waals surface area contributed by atoms with Gasteiger partial charge in [0.2, 0.25) is 0 Å². The van der Waals surface area contributed by atoms with Crippen LogP contribution in [-0.2, 0) is 4.79 Å². The van der Waals surface area contributed by atoms with Crippen molar-refractivity contribution in [1.82, 2.24) is 4.90 Å². The maximum atomic E-state index is 12.6. The zero-order valence-corrected chi connectivity index (χ0v) is 14.7. The van der Waals surface area contributed by atoms with Gasteiger partial charge in [0, 0.05) is 11.4 Å². The van der Waals surface area contributed by atoms with Crippen LogP contribution in [0.2, 0.25) is 0 Å². The van der Waals surface area contributed by atoms with Crippen molar-refractivity contribution in [3.05, 3.63) is 46.9 Å². The second kappa shape index (κ2) is 6.69. The van der Waals surface area contributed by atoms with E-state index in [0.717, 1.165) is 40.3 Å². The second-order valence-corrected chi connectivity index (χ2v) is 6.70. The molecule has 0 aromatic heterocycles. The minimum atomic E-state index is -0.209. The van der Waals surface area contributed by atoms with Crippen molar-refractivity contribution in [1.29, 1.82) is 0 Å². The number of amides is 2. The van der Waals surface area contributed by atoms with E-state index in [4.69, 9.17) is 4.74 Å². The lowest BCUT2D eigenvalue weighted by Crippen LogP contribution is -2.36. The Balaban J connectivity index is 2.05. The number of carbonyl (C=O) groups is 2. The van der Waals surface area contributed by atoms with Crippen LogP contribution in [0, 0.1) is 0 Å². The average Bonchev–Trinajstić information content (AvgIpc) is 2.88. The van der Waals surface area contributed by atoms with Crippen LogP contribution in [0.3, 0.4) is 0 Å². The summed E-state index contributed by atoms with van der Waals surface area (Å²) in [6.45, 7) is 3.86. The van der Waals surface area contributed by atoms with E-state index in [1.807, 2.05) is 50.2 Å². The summed E-state index contributed by atoms with van der Waals surface area (Å²) in [5.74, 6) is 0.578. The van der Waals surface area contributed by atoms with Crippen LogP contribution >= 0.6 is 11.8 Å². The highest BCUT2D eigenvalue weighted by molar-refractivity contribution is 8.18. The van der Waals surface area contributed by atoms with Gasteiger partial charge in [-0.15, -0.1) is 0 Å². The van der Waals surface area contributed by atoms with Crippen molar-refractivity contribution in [2.75, 3.05) is 7.11 Å². The van der Waals surface area contributed by atoms with Gasteiger partial charge in [0.15, 0.2) is 0 Å². The summed E-state index contributed by atoms with van der Waals surface area (Å²) in [5, 5.41) is 1.78. The van der Waals surface area contributed by atoms with E-state index >= 15 is 0 Å². The first-order valence-electron chi connectivity index (χ1n) is 7.89. The van der Waals surface area contributed by atoms with Crippen LogP contribution < -0.4 is 4.74 Å². The Hall–Kier alpha value is -2.27. The molecule has 5 heteroatoms. The minimum Gasteiger partial charge on any atom is -0.496 e. The van der Waals surface area contributed by atoms with Gasteiger partial charge >= 0.3 is 0 Å². The van der Waals surface area contributed by atoms with Crippen LogP contribution in [0.1, 0.15) is 25.8 Å². The van der Waals surface area contributed by atoms with Gasteiger partial charge in [0.1, 0.15) is 5.75 Å². The number of fused-ring (bicyclic) bond motifs is 1. The first-order valence-corrected chi connectivity index (χ1v) is 8.71. The number of thioether (sulfide) groups is 1. The summed E-state index contributed by atoms with van der Waals surface area (Å²) >= 11 is 1.01. The first-order chi connectivity index (χ1) is 11.6. The molecule has 4 nitrogen and oxygen atoms in total. The number of imide groups is 1. The largest absolute Gasteiger partial charge is 0.496 e. The molecule has 1 heterocycles. The highest BCUT2D eigenvalue weighted by Crippen LogP contribution is 2.36. The van der Waals surface area contributed by atoms with Gasteiger partial charge in [-0.3, -0.25) is 14.5 Å². The van der Waals surface area contributed by atoms with Crippen LogP contribution in [0.15, 0.2) is 41.3 Å². The summed E-state index contributed by atoms with van der Waals surface area (Å²) in [6, 6.07) is 11.6. The van der Waals surface area contributed by atoms with Gasteiger partial charge in [-0.25, -0.2) is 0 Å². The molecule has 2 aromatic carbocycles. The number of ether oxygens (including phenoxy) is 1. The van der Waals surface area contributed by atoms with Crippen molar-refractivity contribution < 1.29 is 14.3 Å². The Morgan fingerprint density at radius 2 is 1.88 bits per heavy atom. The van der Waals surface area contributed by atoms with E-state index in [9.17, 15) is 9.59 Å². The molecular weight excluding hydrogens is 322 g/mol. The first kappa shape index (κ1) is 16.6. The van der Waals surface area contributed by atoms with Crippen LogP contribution in [-0.4, -0.2) is 29.2 Å². The number of rotatable bonds is 4. The maximum Gasteiger partial charge on any atom is 0.293 e. The summed E-state index contributed by atoms with van der Waals surface area (Å²) in [4.78, 5) is 26.5. The van der Waals surface area contributed by atoms with Crippen molar-refractivity contribution in [2.24, 2.45) is 0 Å². The Morgan fingerprint density at radius 3 is 2.54 bits per heavy atom. The molecule has 3 rings (SSSR count). The van der Waals surface area contributed by atoms with Gasteiger partial charge in [-0.1, -0.05) is 37.3 Å². The summed E-state index contributed by atoms with van der Waals surface area (Å²) in [6.07, 6.45) is 2.55. The predicted molar refractivity (Wildman–Crippen MR) is 98.1 cm³/mol. The molecule has 1 unspecified atom stereocenters.